The molecule has 1 aromatic heterocycles. The molecule has 0 saturated carbocycles. The van der Waals surface area contributed by atoms with Crippen LogP contribution < -0.4 is 5.32 Å². The van der Waals surface area contributed by atoms with Gasteiger partial charge in [-0.3, -0.25) is 0 Å². The largest absolute Gasteiger partial charge is 0.381 e. The molecule has 5 heteroatoms. The molecule has 2 heterocycles. The molecule has 0 amide bonds. The van der Waals surface area contributed by atoms with Gasteiger partial charge in [0.15, 0.2) is 0 Å². The Morgan fingerprint density at radius 3 is 3.00 bits per heavy atom. The van der Waals surface area contributed by atoms with Crippen molar-refractivity contribution in [2.45, 2.75) is 25.5 Å². The maximum atomic E-state index is 5.78. The Balaban J connectivity index is 1.51. The number of halogens is 1. The van der Waals surface area contributed by atoms with Crippen LogP contribution in [0.4, 0.5) is 0 Å². The van der Waals surface area contributed by atoms with E-state index in [4.69, 9.17) is 9.47 Å². The topological polar surface area (TPSA) is 30.5 Å². The molecule has 1 fully saturated rings. The normalized spacial score (nSPS) is 17.5. The minimum Gasteiger partial charge on any atom is -0.381 e. The van der Waals surface area contributed by atoms with Crippen molar-refractivity contribution in [1.82, 2.24) is 5.32 Å². The van der Waals surface area contributed by atoms with E-state index in [2.05, 4.69) is 32.7 Å². The summed E-state index contributed by atoms with van der Waals surface area (Å²) in [6.45, 7) is 4.32. The highest BCUT2D eigenvalue weighted by Gasteiger charge is 2.13. The van der Waals surface area contributed by atoms with E-state index < -0.39 is 0 Å². The predicted octanol–water partition coefficient (Wildman–Crippen LogP) is 2.80. The zero-order chi connectivity index (χ0) is 11.9. The van der Waals surface area contributed by atoms with Gasteiger partial charge in [-0.1, -0.05) is 0 Å². The molecule has 1 aromatic rings. The minimum absolute atomic E-state index is 0.404. The van der Waals surface area contributed by atoms with Crippen LogP contribution in [-0.4, -0.2) is 32.5 Å². The summed E-state index contributed by atoms with van der Waals surface area (Å²) in [6, 6.07) is 2.15. The molecule has 1 N–H and O–H groups in total. The van der Waals surface area contributed by atoms with Gasteiger partial charge < -0.3 is 14.8 Å². The van der Waals surface area contributed by atoms with Gasteiger partial charge >= 0.3 is 0 Å². The van der Waals surface area contributed by atoms with Crippen LogP contribution in [0.15, 0.2) is 15.9 Å². The summed E-state index contributed by atoms with van der Waals surface area (Å²) in [5, 5.41) is 5.49. The smallest absolute Gasteiger partial charge is 0.0619 e. The van der Waals surface area contributed by atoms with Crippen molar-refractivity contribution in [3.63, 3.8) is 0 Å². The number of hydrogen-bond acceptors (Lipinski definition) is 4. The van der Waals surface area contributed by atoms with E-state index in [1.807, 2.05) is 0 Å². The van der Waals surface area contributed by atoms with Crippen LogP contribution in [0.25, 0.3) is 0 Å². The Bertz CT molecular complexity index is 326. The predicted molar refractivity (Wildman–Crippen MR) is 73.5 cm³/mol. The summed E-state index contributed by atoms with van der Waals surface area (Å²) >= 11 is 5.22. The summed E-state index contributed by atoms with van der Waals surface area (Å²) in [5.74, 6) is 0. The van der Waals surface area contributed by atoms with Crippen molar-refractivity contribution >= 4 is 27.3 Å². The van der Waals surface area contributed by atoms with Crippen molar-refractivity contribution in [2.75, 3.05) is 26.4 Å². The fraction of sp³-hybridized carbons (Fsp3) is 0.667. The lowest BCUT2D eigenvalue weighted by Gasteiger charge is -2.22. The average molecular weight is 320 g/mol. The first-order valence-electron chi connectivity index (χ1n) is 5.97. The molecule has 0 aliphatic carbocycles. The lowest BCUT2D eigenvalue weighted by molar-refractivity contribution is -0.0305. The molecule has 17 heavy (non-hydrogen) atoms. The van der Waals surface area contributed by atoms with Crippen molar-refractivity contribution in [3.05, 3.63) is 20.8 Å². The number of hydrogen-bond donors (Lipinski definition) is 1. The lowest BCUT2D eigenvalue weighted by atomic mass is 10.2. The highest BCUT2D eigenvalue weighted by Crippen LogP contribution is 2.19. The summed E-state index contributed by atoms with van der Waals surface area (Å²) in [5.41, 5.74) is 0. The van der Waals surface area contributed by atoms with E-state index in [0.29, 0.717) is 6.10 Å². The molecule has 2 rings (SSSR count). The second kappa shape index (κ2) is 7.48. The lowest BCUT2D eigenvalue weighted by Crippen LogP contribution is -2.27. The number of thiophene rings is 1. The highest BCUT2D eigenvalue weighted by atomic mass is 79.9. The second-order valence-electron chi connectivity index (χ2n) is 4.09. The Morgan fingerprint density at radius 2 is 2.29 bits per heavy atom. The Kier molecular flexibility index (Phi) is 5.94. The van der Waals surface area contributed by atoms with Crippen LogP contribution in [0.5, 0.6) is 0 Å². The molecule has 0 unspecified atom stereocenters. The van der Waals surface area contributed by atoms with Gasteiger partial charge in [0.05, 0.1) is 12.7 Å². The average Bonchev–Trinajstić information content (AvgIpc) is 2.76. The summed E-state index contributed by atoms with van der Waals surface area (Å²) in [7, 11) is 0. The molecule has 3 nitrogen and oxygen atoms in total. The third-order valence-electron chi connectivity index (χ3n) is 2.72. The Labute approximate surface area is 115 Å². The van der Waals surface area contributed by atoms with E-state index in [0.717, 1.165) is 50.2 Å². The molecule has 1 aliphatic heterocycles. The fourth-order valence-electron chi connectivity index (χ4n) is 1.80. The van der Waals surface area contributed by atoms with Gasteiger partial charge in [-0.05, 0) is 34.8 Å². The van der Waals surface area contributed by atoms with Crippen LogP contribution in [0.2, 0.25) is 0 Å². The van der Waals surface area contributed by atoms with Gasteiger partial charge in [0.25, 0.3) is 0 Å². The van der Waals surface area contributed by atoms with Gasteiger partial charge in [-0.25, -0.2) is 0 Å². The molecular formula is C12H18BrNO2S. The zero-order valence-electron chi connectivity index (χ0n) is 9.78. The van der Waals surface area contributed by atoms with E-state index >= 15 is 0 Å². The van der Waals surface area contributed by atoms with Crippen LogP contribution in [0.1, 0.15) is 17.7 Å². The van der Waals surface area contributed by atoms with Crippen LogP contribution in [0.3, 0.4) is 0 Å². The molecule has 96 valence electrons. The van der Waals surface area contributed by atoms with E-state index in [1.165, 1.54) is 4.88 Å². The molecule has 0 aromatic carbocycles. The van der Waals surface area contributed by atoms with Gasteiger partial charge in [-0.15, -0.1) is 11.3 Å². The van der Waals surface area contributed by atoms with E-state index in [-0.39, 0.29) is 0 Å². The zero-order valence-corrected chi connectivity index (χ0v) is 12.2. The molecule has 0 spiro atoms. The molecule has 0 bridgehead atoms. The standard InChI is InChI=1S/C12H18BrNO2S/c13-10-7-12(17-9-10)8-14-3-6-16-11-1-4-15-5-2-11/h7,9,11,14H,1-6,8H2. The van der Waals surface area contributed by atoms with Gasteiger partial charge in [0.2, 0.25) is 0 Å². The molecule has 0 radical (unpaired) electrons. The minimum atomic E-state index is 0.404. The van der Waals surface area contributed by atoms with Crippen molar-refractivity contribution in [1.29, 1.82) is 0 Å². The quantitative estimate of drug-likeness (QED) is 0.818. The van der Waals surface area contributed by atoms with Crippen LogP contribution in [0, 0.1) is 0 Å². The maximum Gasteiger partial charge on any atom is 0.0619 e. The van der Waals surface area contributed by atoms with Crippen molar-refractivity contribution < 1.29 is 9.47 Å². The summed E-state index contributed by atoms with van der Waals surface area (Å²) in [6.07, 6.45) is 2.48. The summed E-state index contributed by atoms with van der Waals surface area (Å²) < 4.78 is 12.2. The molecular weight excluding hydrogens is 302 g/mol. The number of nitrogens with one attached hydrogen (secondary N) is 1. The Morgan fingerprint density at radius 1 is 1.47 bits per heavy atom. The van der Waals surface area contributed by atoms with Gasteiger partial charge in [-0.2, -0.15) is 0 Å². The SMILES string of the molecule is Brc1csc(CNCCOC2CCOCC2)c1. The number of rotatable bonds is 6. The van der Waals surface area contributed by atoms with Gasteiger partial charge in [0, 0.05) is 41.0 Å². The third-order valence-corrected chi connectivity index (χ3v) is 4.42. The first-order valence-corrected chi connectivity index (χ1v) is 7.65. The number of ether oxygens (including phenoxy) is 2. The molecule has 1 saturated heterocycles. The van der Waals surface area contributed by atoms with Crippen molar-refractivity contribution in [3.8, 4) is 0 Å². The second-order valence-corrected chi connectivity index (χ2v) is 6.00. The van der Waals surface area contributed by atoms with E-state index in [9.17, 15) is 0 Å². The van der Waals surface area contributed by atoms with Crippen LogP contribution >= 0.6 is 27.3 Å². The fourth-order valence-corrected chi connectivity index (χ4v) is 3.22. The molecule has 0 atom stereocenters. The maximum absolute atomic E-state index is 5.78. The van der Waals surface area contributed by atoms with E-state index in [1.54, 1.807) is 11.3 Å². The highest BCUT2D eigenvalue weighted by molar-refractivity contribution is 9.10. The first-order chi connectivity index (χ1) is 8.34. The molecule has 1 aliphatic rings. The summed E-state index contributed by atoms with van der Waals surface area (Å²) in [4.78, 5) is 1.35. The van der Waals surface area contributed by atoms with Gasteiger partial charge in [0.1, 0.15) is 0 Å². The third kappa shape index (κ3) is 5.06. The monoisotopic (exact) mass is 319 g/mol. The van der Waals surface area contributed by atoms with Crippen molar-refractivity contribution in [2.24, 2.45) is 0 Å². The van der Waals surface area contributed by atoms with Crippen LogP contribution in [-0.2, 0) is 16.0 Å². The first kappa shape index (κ1) is 13.5. The Hall–Kier alpha value is 0.0600.